The minimum Gasteiger partial charge on any atom is -0.484 e. The molecule has 9 nitrogen and oxygen atoms in total. The van der Waals surface area contributed by atoms with Crippen molar-refractivity contribution in [1.82, 2.24) is 20.1 Å². The maximum Gasteiger partial charge on any atom is 0.277 e. The number of aromatic nitrogens is 3. The van der Waals surface area contributed by atoms with Gasteiger partial charge >= 0.3 is 0 Å². The van der Waals surface area contributed by atoms with Gasteiger partial charge in [-0.3, -0.25) is 14.4 Å². The Bertz CT molecular complexity index is 1210. The second-order valence-electron chi connectivity index (χ2n) is 7.17. The fourth-order valence-corrected chi connectivity index (χ4v) is 4.09. The number of amides is 2. The number of anilines is 1. The smallest absolute Gasteiger partial charge is 0.277 e. The molecule has 0 unspecified atom stereocenters. The molecule has 10 heteroatoms. The molecule has 168 valence electrons. The Morgan fingerprint density at radius 3 is 2.47 bits per heavy atom. The van der Waals surface area contributed by atoms with Gasteiger partial charge in [0.25, 0.3) is 17.4 Å². The van der Waals surface area contributed by atoms with Crippen LogP contribution in [0, 0.1) is 20.8 Å². The molecule has 3 aromatic rings. The molecule has 0 spiro atoms. The molecular formula is C22H25N5O4S. The van der Waals surface area contributed by atoms with Gasteiger partial charge in [0.15, 0.2) is 6.61 Å². The average Bonchev–Trinajstić information content (AvgIpc) is 3.13. The van der Waals surface area contributed by atoms with Crippen LogP contribution in [0.4, 0.5) is 5.69 Å². The number of carbonyl (C=O) groups excluding carboxylic acids is 2. The number of nitrogens with one attached hydrogen (secondary N) is 2. The fraction of sp³-hybridized carbons (Fsp3) is 0.318. The Kier molecular flexibility index (Phi) is 7.04. The predicted molar refractivity (Wildman–Crippen MR) is 123 cm³/mol. The monoisotopic (exact) mass is 455 g/mol. The van der Waals surface area contributed by atoms with Crippen LogP contribution in [-0.2, 0) is 11.8 Å². The van der Waals surface area contributed by atoms with Crippen molar-refractivity contribution in [3.05, 3.63) is 56.4 Å². The van der Waals surface area contributed by atoms with Crippen molar-refractivity contribution in [3.8, 4) is 16.3 Å². The zero-order chi connectivity index (χ0) is 23.4. The Morgan fingerprint density at radius 2 is 1.81 bits per heavy atom. The fourth-order valence-electron chi connectivity index (χ4n) is 3.03. The molecule has 2 N–H and O–H groups in total. The van der Waals surface area contributed by atoms with E-state index in [2.05, 4.69) is 20.7 Å². The maximum atomic E-state index is 12.8. The van der Waals surface area contributed by atoms with Gasteiger partial charge in [0.05, 0.1) is 17.0 Å². The molecule has 3 rings (SSSR count). The number of nitrogens with zero attached hydrogens (tertiary/aromatic N) is 3. The number of hydrogen-bond acceptors (Lipinski definition) is 7. The third-order valence-corrected chi connectivity index (χ3v) is 5.97. The first kappa shape index (κ1) is 23.1. The lowest BCUT2D eigenvalue weighted by Gasteiger charge is -2.08. The van der Waals surface area contributed by atoms with Crippen molar-refractivity contribution in [3.63, 3.8) is 0 Å². The van der Waals surface area contributed by atoms with Gasteiger partial charge in [-0.15, -0.1) is 11.3 Å². The first-order valence-electron chi connectivity index (χ1n) is 10.0. The molecular weight excluding hydrogens is 430 g/mol. The van der Waals surface area contributed by atoms with E-state index in [0.29, 0.717) is 39.1 Å². The van der Waals surface area contributed by atoms with Crippen molar-refractivity contribution in [2.75, 3.05) is 18.5 Å². The van der Waals surface area contributed by atoms with E-state index in [1.54, 1.807) is 38.2 Å². The number of aryl methyl sites for hydroxylation is 3. The molecule has 0 fully saturated rings. The summed E-state index contributed by atoms with van der Waals surface area (Å²) < 4.78 is 6.69. The minimum absolute atomic E-state index is 0.0737. The standard InChI is InChI=1S/C22H25N5O4S/c1-6-23-17(28)11-31-16-9-7-15(8-10-16)25-20(29)19-14(4)24-21(32-19)18-12(2)13(3)26-27(5)22(18)30/h7-10H,6,11H2,1-5H3,(H,23,28)(H,25,29). The number of ether oxygens (including phenoxy) is 1. The molecule has 0 aliphatic heterocycles. The summed E-state index contributed by atoms with van der Waals surface area (Å²) in [6.45, 7) is 7.70. The quantitative estimate of drug-likeness (QED) is 0.566. The lowest BCUT2D eigenvalue weighted by atomic mass is 10.1. The van der Waals surface area contributed by atoms with Crippen LogP contribution in [0.1, 0.15) is 33.5 Å². The summed E-state index contributed by atoms with van der Waals surface area (Å²) in [4.78, 5) is 41.8. The van der Waals surface area contributed by atoms with Crippen LogP contribution < -0.4 is 20.9 Å². The summed E-state index contributed by atoms with van der Waals surface area (Å²) in [7, 11) is 1.59. The molecule has 2 amide bonds. The summed E-state index contributed by atoms with van der Waals surface area (Å²) in [6, 6.07) is 6.72. The lowest BCUT2D eigenvalue weighted by Crippen LogP contribution is -2.28. The van der Waals surface area contributed by atoms with Crippen molar-refractivity contribution in [2.45, 2.75) is 27.7 Å². The first-order chi connectivity index (χ1) is 15.2. The Balaban J connectivity index is 1.76. The number of likely N-dealkylation sites (N-methyl/N-ethyl adjacent to an activating group) is 1. The summed E-state index contributed by atoms with van der Waals surface area (Å²) >= 11 is 1.17. The van der Waals surface area contributed by atoms with Crippen LogP contribution in [0.2, 0.25) is 0 Å². The van der Waals surface area contributed by atoms with Crippen molar-refractivity contribution >= 4 is 28.8 Å². The number of hydrogen-bond donors (Lipinski definition) is 2. The minimum atomic E-state index is -0.317. The van der Waals surface area contributed by atoms with Gasteiger partial charge in [0, 0.05) is 19.3 Å². The largest absolute Gasteiger partial charge is 0.484 e. The third kappa shape index (κ3) is 5.02. The molecule has 0 radical (unpaired) electrons. The van der Waals surface area contributed by atoms with Gasteiger partial charge < -0.3 is 15.4 Å². The van der Waals surface area contributed by atoms with E-state index in [1.165, 1.54) is 16.0 Å². The van der Waals surface area contributed by atoms with Crippen LogP contribution in [0.3, 0.4) is 0 Å². The Morgan fingerprint density at radius 1 is 1.12 bits per heavy atom. The van der Waals surface area contributed by atoms with E-state index < -0.39 is 0 Å². The molecule has 0 saturated heterocycles. The average molecular weight is 456 g/mol. The van der Waals surface area contributed by atoms with Gasteiger partial charge in [-0.25, -0.2) is 9.67 Å². The van der Waals surface area contributed by atoms with E-state index in [1.807, 2.05) is 20.8 Å². The Labute approximate surface area is 189 Å². The van der Waals surface area contributed by atoms with Crippen LogP contribution in [-0.4, -0.2) is 39.7 Å². The summed E-state index contributed by atoms with van der Waals surface area (Å²) in [5.41, 5.74) is 2.80. The maximum absolute atomic E-state index is 12.8. The predicted octanol–water partition coefficient (Wildman–Crippen LogP) is 2.60. The zero-order valence-electron chi connectivity index (χ0n) is 18.6. The first-order valence-corrected chi connectivity index (χ1v) is 10.9. The van der Waals surface area contributed by atoms with Gasteiger partial charge in [-0.2, -0.15) is 5.10 Å². The highest BCUT2D eigenvalue weighted by molar-refractivity contribution is 7.17. The third-order valence-electron chi connectivity index (χ3n) is 4.80. The molecule has 2 heterocycles. The second kappa shape index (κ2) is 9.73. The van der Waals surface area contributed by atoms with E-state index in [-0.39, 0.29) is 24.0 Å². The van der Waals surface area contributed by atoms with Crippen LogP contribution in [0.15, 0.2) is 29.1 Å². The molecule has 0 saturated carbocycles. The molecule has 0 aliphatic rings. The number of rotatable bonds is 7. The van der Waals surface area contributed by atoms with Crippen LogP contribution >= 0.6 is 11.3 Å². The zero-order valence-corrected chi connectivity index (χ0v) is 19.4. The highest BCUT2D eigenvalue weighted by atomic mass is 32.1. The molecule has 32 heavy (non-hydrogen) atoms. The molecule has 0 atom stereocenters. The van der Waals surface area contributed by atoms with Gasteiger partial charge in [-0.1, -0.05) is 0 Å². The normalized spacial score (nSPS) is 10.7. The van der Waals surface area contributed by atoms with Crippen LogP contribution in [0.25, 0.3) is 10.6 Å². The van der Waals surface area contributed by atoms with E-state index in [4.69, 9.17) is 4.74 Å². The van der Waals surface area contributed by atoms with E-state index in [0.717, 1.165) is 11.3 Å². The highest BCUT2D eigenvalue weighted by Gasteiger charge is 2.21. The number of carbonyl (C=O) groups is 2. The molecule has 0 bridgehead atoms. The Hall–Kier alpha value is -3.53. The van der Waals surface area contributed by atoms with Crippen molar-refractivity contribution in [1.29, 1.82) is 0 Å². The van der Waals surface area contributed by atoms with E-state index in [9.17, 15) is 14.4 Å². The molecule has 1 aromatic carbocycles. The summed E-state index contributed by atoms with van der Waals surface area (Å²) in [5.74, 6) is 0.00296. The number of thiazole rings is 1. The summed E-state index contributed by atoms with van der Waals surface area (Å²) in [5, 5.41) is 10.2. The topological polar surface area (TPSA) is 115 Å². The van der Waals surface area contributed by atoms with Crippen LogP contribution in [0.5, 0.6) is 5.75 Å². The van der Waals surface area contributed by atoms with Crippen molar-refractivity contribution < 1.29 is 14.3 Å². The van der Waals surface area contributed by atoms with Crippen molar-refractivity contribution in [2.24, 2.45) is 7.05 Å². The molecule has 0 aliphatic carbocycles. The highest BCUT2D eigenvalue weighted by Crippen LogP contribution is 2.29. The van der Waals surface area contributed by atoms with Gasteiger partial charge in [0.1, 0.15) is 15.6 Å². The lowest BCUT2D eigenvalue weighted by molar-refractivity contribution is -0.122. The van der Waals surface area contributed by atoms with E-state index >= 15 is 0 Å². The second-order valence-corrected chi connectivity index (χ2v) is 8.17. The summed E-state index contributed by atoms with van der Waals surface area (Å²) in [6.07, 6.45) is 0. The number of benzene rings is 1. The van der Waals surface area contributed by atoms with Gasteiger partial charge in [-0.05, 0) is 57.5 Å². The van der Waals surface area contributed by atoms with Gasteiger partial charge in [0.2, 0.25) is 0 Å². The SMILES string of the molecule is CCNC(=O)COc1ccc(NC(=O)c2sc(-c3c(C)c(C)nn(C)c3=O)nc2C)cc1. The molecule has 2 aromatic heterocycles.